The molecule has 0 bridgehead atoms. The third-order valence-electron chi connectivity index (χ3n) is 3.17. The van der Waals surface area contributed by atoms with Crippen LogP contribution in [-0.2, 0) is 4.79 Å². The van der Waals surface area contributed by atoms with Gasteiger partial charge in [-0.1, -0.05) is 15.9 Å². The van der Waals surface area contributed by atoms with Crippen LogP contribution < -0.4 is 15.4 Å². The van der Waals surface area contributed by atoms with Gasteiger partial charge in [0.25, 0.3) is 5.91 Å². The molecule has 0 aliphatic carbocycles. The molecule has 5 heteroatoms. The van der Waals surface area contributed by atoms with E-state index < -0.39 is 0 Å². The smallest absolute Gasteiger partial charge is 0.258 e. The van der Waals surface area contributed by atoms with Gasteiger partial charge in [-0.25, -0.2) is 0 Å². The van der Waals surface area contributed by atoms with Crippen molar-refractivity contribution in [3.8, 4) is 5.75 Å². The Labute approximate surface area is 122 Å². The minimum Gasteiger partial charge on any atom is -0.484 e. The fourth-order valence-corrected chi connectivity index (χ4v) is 2.48. The minimum atomic E-state index is -0.0537. The summed E-state index contributed by atoms with van der Waals surface area (Å²) in [6.07, 6.45) is 1.96. The number of ether oxygens (including phenoxy) is 1. The van der Waals surface area contributed by atoms with E-state index in [0.29, 0.717) is 11.8 Å². The second-order valence-electron chi connectivity index (χ2n) is 4.89. The highest BCUT2D eigenvalue weighted by Crippen LogP contribution is 2.16. The number of nitrogens with one attached hydrogen (secondary N) is 2. The first-order valence-corrected chi connectivity index (χ1v) is 7.34. The number of piperidine rings is 1. The van der Waals surface area contributed by atoms with Crippen LogP contribution in [0.4, 0.5) is 0 Å². The molecule has 2 unspecified atom stereocenters. The first kappa shape index (κ1) is 14.3. The Balaban J connectivity index is 1.73. The summed E-state index contributed by atoms with van der Waals surface area (Å²) in [7, 11) is 0. The molecule has 19 heavy (non-hydrogen) atoms. The number of rotatable bonds is 4. The average molecular weight is 327 g/mol. The van der Waals surface area contributed by atoms with Crippen molar-refractivity contribution in [3.05, 3.63) is 28.7 Å². The molecule has 2 N–H and O–H groups in total. The molecular formula is C14H19BrN2O2. The van der Waals surface area contributed by atoms with E-state index in [9.17, 15) is 4.79 Å². The molecule has 1 saturated heterocycles. The molecule has 1 aromatic carbocycles. The standard InChI is InChI=1S/C14H19BrN2O2/c1-10-8-12(6-7-16-10)17-14(18)9-19-13-4-2-11(15)3-5-13/h2-5,10,12,16H,6-9H2,1H3,(H,17,18). The van der Waals surface area contributed by atoms with Gasteiger partial charge in [0.05, 0.1) is 0 Å². The molecule has 104 valence electrons. The van der Waals surface area contributed by atoms with Crippen molar-refractivity contribution in [3.63, 3.8) is 0 Å². The van der Waals surface area contributed by atoms with E-state index in [1.807, 2.05) is 24.3 Å². The molecule has 1 aliphatic rings. The Kier molecular flexibility index (Phi) is 5.22. The Morgan fingerprint density at radius 1 is 1.47 bits per heavy atom. The molecule has 1 fully saturated rings. The highest BCUT2D eigenvalue weighted by atomic mass is 79.9. The lowest BCUT2D eigenvalue weighted by Crippen LogP contribution is -2.47. The van der Waals surface area contributed by atoms with Crippen LogP contribution in [0.1, 0.15) is 19.8 Å². The molecular weight excluding hydrogens is 308 g/mol. The number of benzene rings is 1. The van der Waals surface area contributed by atoms with Crippen molar-refractivity contribution < 1.29 is 9.53 Å². The van der Waals surface area contributed by atoms with Gasteiger partial charge < -0.3 is 15.4 Å². The number of carbonyl (C=O) groups is 1. The van der Waals surface area contributed by atoms with Crippen LogP contribution in [0.15, 0.2) is 28.7 Å². The van der Waals surface area contributed by atoms with Crippen molar-refractivity contribution in [2.75, 3.05) is 13.2 Å². The molecule has 0 aromatic heterocycles. The predicted octanol–water partition coefficient (Wildman–Crippen LogP) is 2.08. The lowest BCUT2D eigenvalue weighted by molar-refractivity contribution is -0.124. The Bertz CT molecular complexity index is 422. The maximum Gasteiger partial charge on any atom is 0.258 e. The zero-order chi connectivity index (χ0) is 13.7. The minimum absolute atomic E-state index is 0.0537. The molecule has 0 spiro atoms. The van der Waals surface area contributed by atoms with Crippen LogP contribution in [0.25, 0.3) is 0 Å². The third kappa shape index (κ3) is 4.84. The molecule has 2 rings (SSSR count). The SMILES string of the molecule is CC1CC(NC(=O)COc2ccc(Br)cc2)CCN1. The van der Waals surface area contributed by atoms with E-state index in [-0.39, 0.29) is 18.6 Å². The zero-order valence-electron chi connectivity index (χ0n) is 11.0. The van der Waals surface area contributed by atoms with Crippen LogP contribution in [0, 0.1) is 0 Å². The highest BCUT2D eigenvalue weighted by molar-refractivity contribution is 9.10. The monoisotopic (exact) mass is 326 g/mol. The first-order valence-electron chi connectivity index (χ1n) is 6.54. The lowest BCUT2D eigenvalue weighted by atomic mass is 10.0. The Morgan fingerprint density at radius 2 is 2.21 bits per heavy atom. The van der Waals surface area contributed by atoms with Gasteiger partial charge in [-0.2, -0.15) is 0 Å². The molecule has 1 amide bonds. The third-order valence-corrected chi connectivity index (χ3v) is 3.70. The van der Waals surface area contributed by atoms with E-state index in [1.54, 1.807) is 0 Å². The number of hydrogen-bond acceptors (Lipinski definition) is 3. The van der Waals surface area contributed by atoms with Gasteiger partial charge in [-0.05, 0) is 50.6 Å². The number of amides is 1. The largest absolute Gasteiger partial charge is 0.484 e. The van der Waals surface area contributed by atoms with Gasteiger partial charge in [0, 0.05) is 16.6 Å². The normalized spacial score (nSPS) is 22.8. The van der Waals surface area contributed by atoms with E-state index in [1.165, 1.54) is 0 Å². The van der Waals surface area contributed by atoms with Crippen LogP contribution in [0.5, 0.6) is 5.75 Å². The van der Waals surface area contributed by atoms with E-state index >= 15 is 0 Å². The van der Waals surface area contributed by atoms with Crippen molar-refractivity contribution in [1.29, 1.82) is 0 Å². The van der Waals surface area contributed by atoms with E-state index in [0.717, 1.165) is 23.9 Å². The average Bonchev–Trinajstić information content (AvgIpc) is 2.38. The molecule has 0 saturated carbocycles. The molecule has 1 aliphatic heterocycles. The van der Waals surface area contributed by atoms with Crippen LogP contribution in [0.2, 0.25) is 0 Å². The summed E-state index contributed by atoms with van der Waals surface area (Å²) in [6.45, 7) is 3.16. The van der Waals surface area contributed by atoms with Crippen molar-refractivity contribution in [2.45, 2.75) is 31.8 Å². The summed E-state index contributed by atoms with van der Waals surface area (Å²) >= 11 is 3.36. The van der Waals surface area contributed by atoms with Crippen LogP contribution in [-0.4, -0.2) is 31.1 Å². The van der Waals surface area contributed by atoms with Crippen molar-refractivity contribution in [2.24, 2.45) is 0 Å². The van der Waals surface area contributed by atoms with Crippen molar-refractivity contribution in [1.82, 2.24) is 10.6 Å². The Morgan fingerprint density at radius 3 is 2.89 bits per heavy atom. The summed E-state index contributed by atoms with van der Waals surface area (Å²) in [5.41, 5.74) is 0. The summed E-state index contributed by atoms with van der Waals surface area (Å²) < 4.78 is 6.44. The predicted molar refractivity (Wildman–Crippen MR) is 78.3 cm³/mol. The second kappa shape index (κ2) is 6.91. The van der Waals surface area contributed by atoms with Gasteiger partial charge in [-0.3, -0.25) is 4.79 Å². The fraction of sp³-hybridized carbons (Fsp3) is 0.500. The lowest BCUT2D eigenvalue weighted by Gasteiger charge is -2.28. The second-order valence-corrected chi connectivity index (χ2v) is 5.80. The van der Waals surface area contributed by atoms with E-state index in [4.69, 9.17) is 4.74 Å². The highest BCUT2D eigenvalue weighted by Gasteiger charge is 2.19. The summed E-state index contributed by atoms with van der Waals surface area (Å²) in [5.74, 6) is 0.652. The summed E-state index contributed by atoms with van der Waals surface area (Å²) in [6, 6.07) is 8.18. The number of halogens is 1. The zero-order valence-corrected chi connectivity index (χ0v) is 12.6. The maximum absolute atomic E-state index is 11.8. The van der Waals surface area contributed by atoms with Crippen LogP contribution in [0.3, 0.4) is 0 Å². The molecule has 4 nitrogen and oxygen atoms in total. The maximum atomic E-state index is 11.8. The van der Waals surface area contributed by atoms with Gasteiger partial charge in [-0.15, -0.1) is 0 Å². The van der Waals surface area contributed by atoms with Gasteiger partial charge in [0.1, 0.15) is 5.75 Å². The van der Waals surface area contributed by atoms with Crippen molar-refractivity contribution >= 4 is 21.8 Å². The number of hydrogen-bond donors (Lipinski definition) is 2. The van der Waals surface area contributed by atoms with Gasteiger partial charge in [0.15, 0.2) is 6.61 Å². The summed E-state index contributed by atoms with van der Waals surface area (Å²) in [4.78, 5) is 11.8. The molecule has 1 heterocycles. The topological polar surface area (TPSA) is 50.4 Å². The molecule has 2 atom stereocenters. The Hall–Kier alpha value is -1.07. The quantitative estimate of drug-likeness (QED) is 0.890. The molecule has 0 radical (unpaired) electrons. The first-order chi connectivity index (χ1) is 9.13. The molecule has 1 aromatic rings. The van der Waals surface area contributed by atoms with E-state index in [2.05, 4.69) is 33.5 Å². The van der Waals surface area contributed by atoms with Gasteiger partial charge in [0.2, 0.25) is 0 Å². The fourth-order valence-electron chi connectivity index (χ4n) is 2.21. The number of carbonyl (C=O) groups excluding carboxylic acids is 1. The van der Waals surface area contributed by atoms with Crippen LogP contribution >= 0.6 is 15.9 Å². The van der Waals surface area contributed by atoms with Gasteiger partial charge >= 0.3 is 0 Å². The summed E-state index contributed by atoms with van der Waals surface area (Å²) in [5, 5.41) is 6.38.